The van der Waals surface area contributed by atoms with Crippen molar-refractivity contribution in [2.24, 2.45) is 0 Å². The van der Waals surface area contributed by atoms with Crippen molar-refractivity contribution in [2.75, 3.05) is 23.8 Å². The Morgan fingerprint density at radius 3 is 2.90 bits per heavy atom. The molecule has 1 aromatic carbocycles. The van der Waals surface area contributed by atoms with E-state index >= 15 is 0 Å². The zero-order valence-electron chi connectivity index (χ0n) is 12.3. The molecule has 0 aliphatic carbocycles. The molecule has 1 fully saturated rings. The molecule has 0 radical (unpaired) electrons. The van der Waals surface area contributed by atoms with Crippen LogP contribution in [0.25, 0.3) is 10.8 Å². The second-order valence-electron chi connectivity index (χ2n) is 5.69. The summed E-state index contributed by atoms with van der Waals surface area (Å²) in [6.07, 6.45) is 2.12. The van der Waals surface area contributed by atoms with E-state index < -0.39 is 0 Å². The van der Waals surface area contributed by atoms with E-state index in [2.05, 4.69) is 35.9 Å². The molecular weight excluding hydrogens is 250 g/mol. The van der Waals surface area contributed by atoms with Crippen LogP contribution in [-0.2, 0) is 4.74 Å². The van der Waals surface area contributed by atoms with Crippen LogP contribution in [0.15, 0.2) is 24.4 Å². The van der Waals surface area contributed by atoms with E-state index in [0.717, 1.165) is 29.9 Å². The van der Waals surface area contributed by atoms with Crippen LogP contribution in [0, 0.1) is 6.92 Å². The standard InChI is InChI=1S/C16H21N3O/c1-10-6-13-14(7-18-10)15(17)4-5-16(13)19-8-12(3)20-9-11(19)2/h4-7,11-12H,8-9,17H2,1-3H3. The van der Waals surface area contributed by atoms with Crippen molar-refractivity contribution in [3.05, 3.63) is 30.1 Å². The third-order valence-electron chi connectivity index (χ3n) is 3.97. The molecule has 20 heavy (non-hydrogen) atoms. The first kappa shape index (κ1) is 13.2. The van der Waals surface area contributed by atoms with Crippen molar-refractivity contribution in [1.29, 1.82) is 0 Å². The molecule has 2 atom stereocenters. The minimum absolute atomic E-state index is 0.252. The van der Waals surface area contributed by atoms with Crippen LogP contribution >= 0.6 is 0 Å². The summed E-state index contributed by atoms with van der Waals surface area (Å²) in [4.78, 5) is 6.78. The van der Waals surface area contributed by atoms with Crippen molar-refractivity contribution in [3.8, 4) is 0 Å². The van der Waals surface area contributed by atoms with E-state index in [0.29, 0.717) is 6.04 Å². The first-order chi connectivity index (χ1) is 9.56. The van der Waals surface area contributed by atoms with Crippen LogP contribution in [-0.4, -0.2) is 30.3 Å². The maximum absolute atomic E-state index is 6.08. The van der Waals surface area contributed by atoms with Crippen molar-refractivity contribution >= 4 is 22.1 Å². The summed E-state index contributed by atoms with van der Waals surface area (Å²) >= 11 is 0. The summed E-state index contributed by atoms with van der Waals surface area (Å²) in [7, 11) is 0. The topological polar surface area (TPSA) is 51.4 Å². The molecule has 3 rings (SSSR count). The Hall–Kier alpha value is -1.81. The van der Waals surface area contributed by atoms with Crippen LogP contribution in [0.1, 0.15) is 19.5 Å². The van der Waals surface area contributed by atoms with Crippen LogP contribution in [0.5, 0.6) is 0 Å². The SMILES string of the molecule is Cc1cc2c(N3CC(C)OCC3C)ccc(N)c2cn1. The largest absolute Gasteiger partial charge is 0.398 e. The molecule has 4 heteroatoms. The van der Waals surface area contributed by atoms with Gasteiger partial charge < -0.3 is 15.4 Å². The predicted molar refractivity (Wildman–Crippen MR) is 83.1 cm³/mol. The molecular formula is C16H21N3O. The Labute approximate surface area is 119 Å². The number of fused-ring (bicyclic) bond motifs is 1. The second kappa shape index (κ2) is 4.94. The van der Waals surface area contributed by atoms with Gasteiger partial charge in [-0.2, -0.15) is 0 Å². The third kappa shape index (κ3) is 2.20. The summed E-state index contributed by atoms with van der Waals surface area (Å²) < 4.78 is 5.72. The van der Waals surface area contributed by atoms with Gasteiger partial charge in [-0.05, 0) is 39.0 Å². The number of pyridine rings is 1. The molecule has 0 saturated carbocycles. The highest BCUT2D eigenvalue weighted by Crippen LogP contribution is 2.33. The molecule has 0 bridgehead atoms. The monoisotopic (exact) mass is 271 g/mol. The normalized spacial score (nSPS) is 23.2. The molecule has 0 amide bonds. The van der Waals surface area contributed by atoms with Crippen molar-refractivity contribution in [1.82, 2.24) is 4.98 Å². The Morgan fingerprint density at radius 1 is 1.30 bits per heavy atom. The molecule has 106 valence electrons. The minimum Gasteiger partial charge on any atom is -0.398 e. The predicted octanol–water partition coefficient (Wildman–Crippen LogP) is 2.74. The van der Waals surface area contributed by atoms with E-state index in [-0.39, 0.29) is 6.10 Å². The fourth-order valence-corrected chi connectivity index (χ4v) is 2.84. The van der Waals surface area contributed by atoms with Gasteiger partial charge in [0.25, 0.3) is 0 Å². The number of ether oxygens (including phenoxy) is 1. The van der Waals surface area contributed by atoms with Gasteiger partial charge in [0.15, 0.2) is 0 Å². The zero-order valence-corrected chi connectivity index (χ0v) is 12.3. The van der Waals surface area contributed by atoms with Crippen molar-refractivity contribution in [2.45, 2.75) is 32.9 Å². The van der Waals surface area contributed by atoms with E-state index in [1.165, 1.54) is 11.1 Å². The van der Waals surface area contributed by atoms with Gasteiger partial charge in [0.2, 0.25) is 0 Å². The number of hydrogen-bond acceptors (Lipinski definition) is 4. The van der Waals surface area contributed by atoms with E-state index in [1.54, 1.807) is 0 Å². The lowest BCUT2D eigenvalue weighted by Crippen LogP contribution is -2.47. The van der Waals surface area contributed by atoms with Crippen LogP contribution in [0.4, 0.5) is 11.4 Å². The van der Waals surface area contributed by atoms with Crippen LogP contribution in [0.3, 0.4) is 0 Å². The van der Waals surface area contributed by atoms with E-state index in [4.69, 9.17) is 10.5 Å². The summed E-state index contributed by atoms with van der Waals surface area (Å²) in [5, 5.41) is 2.21. The number of benzene rings is 1. The maximum Gasteiger partial charge on any atom is 0.0723 e. The van der Waals surface area contributed by atoms with Crippen molar-refractivity contribution in [3.63, 3.8) is 0 Å². The lowest BCUT2D eigenvalue weighted by Gasteiger charge is -2.39. The highest BCUT2D eigenvalue weighted by Gasteiger charge is 2.25. The highest BCUT2D eigenvalue weighted by atomic mass is 16.5. The summed E-state index contributed by atoms with van der Waals surface area (Å²) in [5.74, 6) is 0. The van der Waals surface area contributed by atoms with Gasteiger partial charge >= 0.3 is 0 Å². The Bertz CT molecular complexity index is 641. The van der Waals surface area contributed by atoms with Gasteiger partial charge in [0.1, 0.15) is 0 Å². The summed E-state index contributed by atoms with van der Waals surface area (Å²) in [5.41, 5.74) is 9.10. The molecule has 1 aromatic heterocycles. The Balaban J connectivity index is 2.15. The van der Waals surface area contributed by atoms with Gasteiger partial charge in [0, 0.05) is 46.6 Å². The molecule has 4 nitrogen and oxygen atoms in total. The lowest BCUT2D eigenvalue weighted by molar-refractivity contribution is 0.0345. The number of aromatic nitrogens is 1. The van der Waals surface area contributed by atoms with E-state index in [1.807, 2.05) is 19.2 Å². The maximum atomic E-state index is 6.08. The van der Waals surface area contributed by atoms with Gasteiger partial charge in [-0.3, -0.25) is 4.98 Å². The molecule has 2 unspecified atom stereocenters. The van der Waals surface area contributed by atoms with Gasteiger partial charge in [-0.15, -0.1) is 0 Å². The average Bonchev–Trinajstić information content (AvgIpc) is 2.42. The number of aryl methyl sites for hydroxylation is 1. The average molecular weight is 271 g/mol. The fourth-order valence-electron chi connectivity index (χ4n) is 2.84. The number of nitrogens with two attached hydrogens (primary N) is 1. The van der Waals surface area contributed by atoms with Gasteiger partial charge in [-0.1, -0.05) is 0 Å². The summed E-state index contributed by atoms with van der Waals surface area (Å²) in [6, 6.07) is 6.58. The number of rotatable bonds is 1. The number of hydrogen-bond donors (Lipinski definition) is 1. The molecule has 1 aliphatic heterocycles. The lowest BCUT2D eigenvalue weighted by atomic mass is 10.0. The van der Waals surface area contributed by atoms with Gasteiger partial charge in [-0.25, -0.2) is 0 Å². The minimum atomic E-state index is 0.252. The Morgan fingerprint density at radius 2 is 2.10 bits per heavy atom. The summed E-state index contributed by atoms with van der Waals surface area (Å²) in [6.45, 7) is 7.99. The first-order valence-corrected chi connectivity index (χ1v) is 7.09. The molecule has 1 aliphatic rings. The highest BCUT2D eigenvalue weighted by molar-refractivity contribution is 6.01. The first-order valence-electron chi connectivity index (χ1n) is 7.09. The van der Waals surface area contributed by atoms with E-state index in [9.17, 15) is 0 Å². The number of anilines is 2. The molecule has 2 heterocycles. The molecule has 2 aromatic rings. The number of nitrogen functional groups attached to an aromatic ring is 1. The molecule has 0 spiro atoms. The number of nitrogens with zero attached hydrogens (tertiary/aromatic N) is 2. The van der Waals surface area contributed by atoms with Crippen molar-refractivity contribution < 1.29 is 4.74 Å². The second-order valence-corrected chi connectivity index (χ2v) is 5.69. The number of morpholine rings is 1. The third-order valence-corrected chi connectivity index (χ3v) is 3.97. The Kier molecular flexibility index (Phi) is 3.26. The molecule has 1 saturated heterocycles. The smallest absolute Gasteiger partial charge is 0.0723 e. The fraction of sp³-hybridized carbons (Fsp3) is 0.438. The molecule has 2 N–H and O–H groups in total. The van der Waals surface area contributed by atoms with Gasteiger partial charge in [0.05, 0.1) is 12.7 Å². The van der Waals surface area contributed by atoms with Crippen LogP contribution in [0.2, 0.25) is 0 Å². The quantitative estimate of drug-likeness (QED) is 0.810. The van der Waals surface area contributed by atoms with Crippen LogP contribution < -0.4 is 10.6 Å². The zero-order chi connectivity index (χ0) is 14.3.